The van der Waals surface area contributed by atoms with Crippen molar-refractivity contribution in [2.24, 2.45) is 11.8 Å². The largest absolute Gasteiger partial charge is 0.467 e. The van der Waals surface area contributed by atoms with Crippen LogP contribution in [0.2, 0.25) is 0 Å². The molecule has 3 atom stereocenters. The van der Waals surface area contributed by atoms with Gasteiger partial charge in [0.15, 0.2) is 5.58 Å². The monoisotopic (exact) mass is 381 g/mol. The van der Waals surface area contributed by atoms with Gasteiger partial charge in [-0.1, -0.05) is 44.0 Å². The Morgan fingerprint density at radius 3 is 2.89 bits per heavy atom. The number of nitrogens with one attached hydrogen (secondary N) is 1. The van der Waals surface area contributed by atoms with E-state index in [0.29, 0.717) is 24.9 Å². The highest BCUT2D eigenvalue weighted by Gasteiger charge is 2.34. The highest BCUT2D eigenvalue weighted by Crippen LogP contribution is 2.33. The maximum atomic E-state index is 13.2. The lowest BCUT2D eigenvalue weighted by atomic mass is 9.77. The van der Waals surface area contributed by atoms with E-state index in [1.54, 1.807) is 6.26 Å². The summed E-state index contributed by atoms with van der Waals surface area (Å²) in [7, 11) is 0. The molecule has 1 aliphatic carbocycles. The van der Waals surface area contributed by atoms with Crippen molar-refractivity contribution in [1.82, 2.24) is 15.4 Å². The molecule has 6 heteroatoms. The molecule has 0 saturated heterocycles. The van der Waals surface area contributed by atoms with E-state index in [1.807, 2.05) is 41.3 Å². The van der Waals surface area contributed by atoms with Crippen LogP contribution in [0.5, 0.6) is 0 Å². The van der Waals surface area contributed by atoms with Gasteiger partial charge < -0.3 is 19.2 Å². The Bertz CT molecular complexity index is 918. The smallest absolute Gasteiger partial charge is 0.318 e. The van der Waals surface area contributed by atoms with Gasteiger partial charge in [0.1, 0.15) is 11.5 Å². The molecule has 2 heterocycles. The summed E-state index contributed by atoms with van der Waals surface area (Å²) in [6, 6.07) is 11.6. The van der Waals surface area contributed by atoms with Crippen LogP contribution in [0.1, 0.15) is 44.6 Å². The summed E-state index contributed by atoms with van der Waals surface area (Å²) in [5.41, 5.74) is 1.47. The molecule has 0 radical (unpaired) electrons. The van der Waals surface area contributed by atoms with Crippen LogP contribution in [0.4, 0.5) is 4.79 Å². The summed E-state index contributed by atoms with van der Waals surface area (Å²) in [5.74, 6) is 1.85. The SMILES string of the molecule is C[C@@H]1[C@H](C)CCC[C@H]1N(Cc1ccco1)C(=O)NCc1noc2ccccc12. The number of hydrogen-bond donors (Lipinski definition) is 1. The van der Waals surface area contributed by atoms with Crippen LogP contribution in [0.15, 0.2) is 51.6 Å². The number of carbonyl (C=O) groups excluding carboxylic acids is 1. The number of urea groups is 1. The number of nitrogens with zero attached hydrogens (tertiary/aromatic N) is 2. The molecule has 6 nitrogen and oxygen atoms in total. The summed E-state index contributed by atoms with van der Waals surface area (Å²) < 4.78 is 10.9. The van der Waals surface area contributed by atoms with Crippen molar-refractivity contribution in [2.75, 3.05) is 0 Å². The third-order valence-electron chi connectivity index (χ3n) is 6.09. The van der Waals surface area contributed by atoms with Crippen LogP contribution in [0.25, 0.3) is 11.0 Å². The molecule has 0 bridgehead atoms. The minimum absolute atomic E-state index is 0.0885. The summed E-state index contributed by atoms with van der Waals surface area (Å²) in [6.07, 6.45) is 5.04. The molecule has 1 N–H and O–H groups in total. The topological polar surface area (TPSA) is 71.5 Å². The van der Waals surface area contributed by atoms with Gasteiger partial charge in [-0.15, -0.1) is 0 Å². The number of hydrogen-bond acceptors (Lipinski definition) is 4. The minimum atomic E-state index is -0.0885. The maximum absolute atomic E-state index is 13.2. The average Bonchev–Trinajstić information content (AvgIpc) is 3.36. The molecule has 3 aromatic rings. The van der Waals surface area contributed by atoms with Crippen molar-refractivity contribution in [2.45, 2.75) is 52.2 Å². The Labute approximate surface area is 164 Å². The van der Waals surface area contributed by atoms with Gasteiger partial charge in [0.2, 0.25) is 0 Å². The second kappa shape index (κ2) is 8.09. The second-order valence-electron chi connectivity index (χ2n) is 7.83. The standard InChI is InChI=1S/C22H27N3O3/c1-15-7-5-10-20(16(15)2)25(14-17-8-6-12-27-17)22(26)23-13-19-18-9-3-4-11-21(18)28-24-19/h3-4,6,8-9,11-12,15-16,20H,5,7,10,13-14H2,1-2H3,(H,23,26)/t15-,16-,20-/m1/s1. The maximum Gasteiger partial charge on any atom is 0.318 e. The molecule has 148 valence electrons. The van der Waals surface area contributed by atoms with Gasteiger partial charge in [-0.05, 0) is 42.5 Å². The van der Waals surface area contributed by atoms with E-state index in [0.717, 1.165) is 35.3 Å². The highest BCUT2D eigenvalue weighted by molar-refractivity contribution is 5.80. The van der Waals surface area contributed by atoms with E-state index < -0.39 is 0 Å². The Hall–Kier alpha value is -2.76. The first-order valence-electron chi connectivity index (χ1n) is 10.0. The van der Waals surface area contributed by atoms with E-state index in [4.69, 9.17) is 8.94 Å². The molecule has 2 amide bonds. The van der Waals surface area contributed by atoms with Crippen molar-refractivity contribution in [3.63, 3.8) is 0 Å². The van der Waals surface area contributed by atoms with Crippen molar-refractivity contribution in [3.8, 4) is 0 Å². The van der Waals surface area contributed by atoms with Crippen LogP contribution in [0, 0.1) is 11.8 Å². The van der Waals surface area contributed by atoms with Crippen LogP contribution < -0.4 is 5.32 Å². The number of amides is 2. The second-order valence-corrected chi connectivity index (χ2v) is 7.83. The van der Waals surface area contributed by atoms with E-state index in [-0.39, 0.29) is 12.1 Å². The molecule has 1 aromatic carbocycles. The van der Waals surface area contributed by atoms with E-state index in [2.05, 4.69) is 24.3 Å². The zero-order chi connectivity index (χ0) is 19.5. The van der Waals surface area contributed by atoms with Crippen molar-refractivity contribution < 1.29 is 13.7 Å². The van der Waals surface area contributed by atoms with Crippen molar-refractivity contribution >= 4 is 17.0 Å². The fourth-order valence-electron chi connectivity index (χ4n) is 4.23. The Morgan fingerprint density at radius 2 is 2.07 bits per heavy atom. The van der Waals surface area contributed by atoms with Crippen LogP contribution in [-0.4, -0.2) is 22.1 Å². The van der Waals surface area contributed by atoms with E-state index >= 15 is 0 Å². The molecule has 4 rings (SSSR count). The minimum Gasteiger partial charge on any atom is -0.467 e. The number of rotatable bonds is 5. The first kappa shape index (κ1) is 18.6. The molecule has 0 unspecified atom stereocenters. The third-order valence-corrected chi connectivity index (χ3v) is 6.09. The third kappa shape index (κ3) is 3.77. The number of furan rings is 1. The van der Waals surface area contributed by atoms with Gasteiger partial charge in [0, 0.05) is 11.4 Å². The van der Waals surface area contributed by atoms with Gasteiger partial charge >= 0.3 is 6.03 Å². The summed E-state index contributed by atoms with van der Waals surface area (Å²) in [6.45, 7) is 5.34. The predicted octanol–water partition coefficient (Wildman–Crippen LogP) is 4.96. The van der Waals surface area contributed by atoms with Gasteiger partial charge in [0.05, 0.1) is 19.4 Å². The average molecular weight is 381 g/mol. The van der Waals surface area contributed by atoms with Crippen molar-refractivity contribution in [3.05, 3.63) is 54.1 Å². The van der Waals surface area contributed by atoms with Crippen LogP contribution >= 0.6 is 0 Å². The van der Waals surface area contributed by atoms with Gasteiger partial charge in [-0.3, -0.25) is 0 Å². The zero-order valence-corrected chi connectivity index (χ0v) is 16.4. The molecule has 0 spiro atoms. The normalized spacial score (nSPS) is 22.3. The number of para-hydroxylation sites is 1. The van der Waals surface area contributed by atoms with Crippen LogP contribution in [0.3, 0.4) is 0 Å². The highest BCUT2D eigenvalue weighted by atomic mass is 16.5. The van der Waals surface area contributed by atoms with Crippen LogP contribution in [-0.2, 0) is 13.1 Å². The lowest BCUT2D eigenvalue weighted by Crippen LogP contribution is -2.50. The lowest BCUT2D eigenvalue weighted by Gasteiger charge is -2.41. The summed E-state index contributed by atoms with van der Waals surface area (Å²) in [5, 5.41) is 8.09. The Kier molecular flexibility index (Phi) is 5.37. The quantitative estimate of drug-likeness (QED) is 0.678. The molecule has 0 aliphatic heterocycles. The molecule has 1 saturated carbocycles. The Morgan fingerprint density at radius 1 is 1.21 bits per heavy atom. The fraction of sp³-hybridized carbons (Fsp3) is 0.455. The first-order valence-corrected chi connectivity index (χ1v) is 10.0. The number of benzene rings is 1. The number of fused-ring (bicyclic) bond motifs is 1. The predicted molar refractivity (Wildman–Crippen MR) is 106 cm³/mol. The van der Waals surface area contributed by atoms with E-state index in [1.165, 1.54) is 6.42 Å². The molecule has 1 aliphatic rings. The first-order chi connectivity index (χ1) is 13.6. The number of carbonyl (C=O) groups is 1. The molecule has 2 aromatic heterocycles. The molecule has 1 fully saturated rings. The van der Waals surface area contributed by atoms with Gasteiger partial charge in [0.25, 0.3) is 0 Å². The van der Waals surface area contributed by atoms with Gasteiger partial charge in [-0.2, -0.15) is 0 Å². The zero-order valence-electron chi connectivity index (χ0n) is 16.4. The van der Waals surface area contributed by atoms with E-state index in [9.17, 15) is 4.79 Å². The number of aromatic nitrogens is 1. The lowest BCUT2D eigenvalue weighted by molar-refractivity contribution is 0.0904. The van der Waals surface area contributed by atoms with Gasteiger partial charge in [-0.25, -0.2) is 4.79 Å². The fourth-order valence-corrected chi connectivity index (χ4v) is 4.23. The Balaban J connectivity index is 1.50. The molecular formula is C22H27N3O3. The van der Waals surface area contributed by atoms with Crippen molar-refractivity contribution in [1.29, 1.82) is 0 Å². The summed E-state index contributed by atoms with van der Waals surface area (Å²) >= 11 is 0. The summed E-state index contributed by atoms with van der Waals surface area (Å²) in [4.78, 5) is 15.1. The molecular weight excluding hydrogens is 354 g/mol. The molecule has 28 heavy (non-hydrogen) atoms.